The Morgan fingerprint density at radius 3 is 2.14 bits per heavy atom. The molecule has 0 bridgehead atoms. The number of carbonyl (C=O) groups excluding carboxylic acids is 1. The molecule has 1 aliphatic heterocycles. The number of hydrogen-bond donors (Lipinski definition) is 2. The fraction of sp³-hybridized carbons (Fsp3) is 0.900. The summed E-state index contributed by atoms with van der Waals surface area (Å²) in [4.78, 5) is 13.4. The number of aliphatic hydroxyl groups is 2. The molecule has 0 aromatic rings. The van der Waals surface area contributed by atoms with Crippen molar-refractivity contribution in [3.8, 4) is 0 Å². The minimum absolute atomic E-state index is 0.00981. The van der Waals surface area contributed by atoms with Crippen molar-refractivity contribution in [2.24, 2.45) is 5.41 Å². The summed E-state index contributed by atoms with van der Waals surface area (Å²) in [5.41, 5.74) is -0.399. The minimum Gasteiger partial charge on any atom is -0.388 e. The summed E-state index contributed by atoms with van der Waals surface area (Å²) in [6.07, 6.45) is -0.813. The molecular formula is C10H19NO3. The van der Waals surface area contributed by atoms with Gasteiger partial charge >= 0.3 is 0 Å². The summed E-state index contributed by atoms with van der Waals surface area (Å²) in [6.45, 7) is 6.23. The van der Waals surface area contributed by atoms with Crippen molar-refractivity contribution in [1.29, 1.82) is 0 Å². The molecular weight excluding hydrogens is 182 g/mol. The third-order valence-corrected chi connectivity index (χ3v) is 3.01. The van der Waals surface area contributed by atoms with E-state index >= 15 is 0 Å². The van der Waals surface area contributed by atoms with E-state index in [1.807, 2.05) is 20.8 Å². The third-order valence-electron chi connectivity index (χ3n) is 3.01. The maximum absolute atomic E-state index is 11.9. The Hall–Kier alpha value is -0.610. The van der Waals surface area contributed by atoms with Gasteiger partial charge in [0.2, 0.25) is 5.91 Å². The minimum atomic E-state index is -0.786. The van der Waals surface area contributed by atoms with Crippen LogP contribution in [0, 0.1) is 5.41 Å². The van der Waals surface area contributed by atoms with E-state index in [1.165, 1.54) is 0 Å². The van der Waals surface area contributed by atoms with E-state index in [0.29, 0.717) is 0 Å². The Kier molecular flexibility index (Phi) is 3.17. The molecule has 2 atom stereocenters. The van der Waals surface area contributed by atoms with Crippen LogP contribution < -0.4 is 0 Å². The van der Waals surface area contributed by atoms with Crippen LogP contribution >= 0.6 is 0 Å². The third kappa shape index (κ3) is 2.07. The van der Waals surface area contributed by atoms with Crippen LogP contribution in [0.3, 0.4) is 0 Å². The number of likely N-dealkylation sites (tertiary alicyclic amines) is 1. The van der Waals surface area contributed by atoms with Crippen molar-refractivity contribution in [3.05, 3.63) is 0 Å². The molecule has 2 unspecified atom stereocenters. The number of aliphatic hydroxyl groups excluding tert-OH is 2. The second-order valence-corrected chi connectivity index (χ2v) is 4.58. The van der Waals surface area contributed by atoms with Crippen LogP contribution in [0.2, 0.25) is 0 Å². The standard InChI is InChI=1S/C10H19NO3/c1-4-10(2,3)9(14)11-5-7(12)8(13)6-11/h7-8,12-13H,4-6H2,1-3H3. The van der Waals surface area contributed by atoms with Crippen LogP contribution in [0.1, 0.15) is 27.2 Å². The normalized spacial score (nSPS) is 28.2. The van der Waals surface area contributed by atoms with E-state index in [9.17, 15) is 15.0 Å². The molecule has 0 aromatic carbocycles. The maximum Gasteiger partial charge on any atom is 0.228 e. The quantitative estimate of drug-likeness (QED) is 0.660. The topological polar surface area (TPSA) is 60.8 Å². The van der Waals surface area contributed by atoms with Gasteiger partial charge in [0.25, 0.3) is 0 Å². The van der Waals surface area contributed by atoms with Crippen molar-refractivity contribution in [2.45, 2.75) is 39.4 Å². The summed E-state index contributed by atoms with van der Waals surface area (Å²) in [7, 11) is 0. The fourth-order valence-electron chi connectivity index (χ4n) is 1.51. The number of nitrogens with zero attached hydrogens (tertiary/aromatic N) is 1. The highest BCUT2D eigenvalue weighted by Gasteiger charge is 2.38. The molecule has 0 spiro atoms. The van der Waals surface area contributed by atoms with Gasteiger partial charge in [-0.05, 0) is 6.42 Å². The molecule has 1 saturated heterocycles. The van der Waals surface area contributed by atoms with Crippen molar-refractivity contribution >= 4 is 5.91 Å². The van der Waals surface area contributed by atoms with E-state index < -0.39 is 17.6 Å². The maximum atomic E-state index is 11.9. The number of rotatable bonds is 2. The molecule has 0 radical (unpaired) electrons. The van der Waals surface area contributed by atoms with Crippen LogP contribution in [-0.4, -0.2) is 46.3 Å². The van der Waals surface area contributed by atoms with Gasteiger partial charge in [-0.15, -0.1) is 0 Å². The lowest BCUT2D eigenvalue weighted by Crippen LogP contribution is -2.39. The predicted octanol–water partition coefficient (Wildman–Crippen LogP) is -0.0134. The first-order valence-electron chi connectivity index (χ1n) is 5.04. The van der Waals surface area contributed by atoms with Gasteiger partial charge in [0, 0.05) is 18.5 Å². The largest absolute Gasteiger partial charge is 0.388 e. The SMILES string of the molecule is CCC(C)(C)C(=O)N1CC(O)C(O)C1. The van der Waals surface area contributed by atoms with Gasteiger partial charge in [-0.2, -0.15) is 0 Å². The van der Waals surface area contributed by atoms with Crippen molar-refractivity contribution < 1.29 is 15.0 Å². The first-order valence-corrected chi connectivity index (χ1v) is 5.04. The highest BCUT2D eigenvalue weighted by molar-refractivity contribution is 5.82. The molecule has 82 valence electrons. The Labute approximate surface area is 84.5 Å². The molecule has 0 aromatic heterocycles. The zero-order chi connectivity index (χ0) is 10.9. The van der Waals surface area contributed by atoms with Crippen molar-refractivity contribution in [1.82, 2.24) is 4.90 Å². The number of carbonyl (C=O) groups is 1. The highest BCUT2D eigenvalue weighted by atomic mass is 16.3. The molecule has 1 amide bonds. The molecule has 1 heterocycles. The summed E-state index contributed by atoms with van der Waals surface area (Å²) < 4.78 is 0. The zero-order valence-corrected chi connectivity index (χ0v) is 9.03. The number of amides is 1. The molecule has 4 heteroatoms. The van der Waals surface area contributed by atoms with Crippen LogP contribution in [0.4, 0.5) is 0 Å². The molecule has 2 N–H and O–H groups in total. The van der Waals surface area contributed by atoms with E-state index in [1.54, 1.807) is 4.90 Å². The van der Waals surface area contributed by atoms with E-state index in [2.05, 4.69) is 0 Å². The van der Waals surface area contributed by atoms with Gasteiger partial charge in [-0.3, -0.25) is 4.79 Å². The van der Waals surface area contributed by atoms with Gasteiger partial charge in [0.1, 0.15) is 0 Å². The Morgan fingerprint density at radius 1 is 1.36 bits per heavy atom. The lowest BCUT2D eigenvalue weighted by atomic mass is 9.89. The Balaban J connectivity index is 2.64. The lowest BCUT2D eigenvalue weighted by molar-refractivity contribution is -0.140. The van der Waals surface area contributed by atoms with E-state index in [0.717, 1.165) is 6.42 Å². The molecule has 1 aliphatic rings. The smallest absolute Gasteiger partial charge is 0.228 e. The first kappa shape index (κ1) is 11.5. The summed E-state index contributed by atoms with van der Waals surface area (Å²) in [5.74, 6) is 0.00981. The van der Waals surface area contributed by atoms with Crippen LogP contribution in [0.5, 0.6) is 0 Å². The average Bonchev–Trinajstić information content (AvgIpc) is 2.45. The average molecular weight is 201 g/mol. The van der Waals surface area contributed by atoms with Crippen molar-refractivity contribution in [2.75, 3.05) is 13.1 Å². The van der Waals surface area contributed by atoms with Gasteiger partial charge in [0.15, 0.2) is 0 Å². The van der Waals surface area contributed by atoms with Gasteiger partial charge in [-0.1, -0.05) is 20.8 Å². The summed E-state index contributed by atoms with van der Waals surface area (Å²) in [6, 6.07) is 0. The number of β-amino-alcohol motifs (C(OH)–C–C–N with tert-alkyl or cyclic N) is 2. The molecule has 1 fully saturated rings. The van der Waals surface area contributed by atoms with Crippen molar-refractivity contribution in [3.63, 3.8) is 0 Å². The van der Waals surface area contributed by atoms with Crippen LogP contribution in [0.25, 0.3) is 0 Å². The first-order chi connectivity index (χ1) is 6.38. The molecule has 0 saturated carbocycles. The molecule has 1 rings (SSSR count). The van der Waals surface area contributed by atoms with Gasteiger partial charge < -0.3 is 15.1 Å². The zero-order valence-electron chi connectivity index (χ0n) is 9.03. The van der Waals surface area contributed by atoms with Crippen LogP contribution in [-0.2, 0) is 4.79 Å². The lowest BCUT2D eigenvalue weighted by Gasteiger charge is -2.27. The van der Waals surface area contributed by atoms with Crippen LogP contribution in [0.15, 0.2) is 0 Å². The molecule has 4 nitrogen and oxygen atoms in total. The predicted molar refractivity (Wildman–Crippen MR) is 52.7 cm³/mol. The highest BCUT2D eigenvalue weighted by Crippen LogP contribution is 2.25. The Morgan fingerprint density at radius 2 is 1.79 bits per heavy atom. The molecule has 14 heavy (non-hydrogen) atoms. The summed E-state index contributed by atoms with van der Waals surface area (Å²) in [5, 5.41) is 18.6. The second-order valence-electron chi connectivity index (χ2n) is 4.58. The monoisotopic (exact) mass is 201 g/mol. The summed E-state index contributed by atoms with van der Waals surface area (Å²) >= 11 is 0. The fourth-order valence-corrected chi connectivity index (χ4v) is 1.51. The number of hydrogen-bond acceptors (Lipinski definition) is 3. The Bertz CT molecular complexity index is 217. The van der Waals surface area contributed by atoms with E-state index in [-0.39, 0.29) is 19.0 Å². The van der Waals surface area contributed by atoms with Gasteiger partial charge in [-0.25, -0.2) is 0 Å². The molecule has 0 aliphatic carbocycles. The van der Waals surface area contributed by atoms with E-state index in [4.69, 9.17) is 0 Å². The second kappa shape index (κ2) is 3.87. The van der Waals surface area contributed by atoms with Gasteiger partial charge in [0.05, 0.1) is 12.2 Å².